The average molecular weight is 401 g/mol. The Bertz CT molecular complexity index is 810. The van der Waals surface area contributed by atoms with Crippen LogP contribution in [-0.4, -0.2) is 55.3 Å². The molecule has 0 bridgehead atoms. The van der Waals surface area contributed by atoms with Crippen molar-refractivity contribution >= 4 is 23.4 Å². The van der Waals surface area contributed by atoms with Crippen LogP contribution in [0, 0.1) is 0 Å². The van der Waals surface area contributed by atoms with Gasteiger partial charge in [-0.15, -0.1) is 11.8 Å². The van der Waals surface area contributed by atoms with Crippen LogP contribution in [0.4, 0.5) is 5.69 Å². The van der Waals surface area contributed by atoms with E-state index in [0.717, 1.165) is 28.4 Å². The number of carbonyl (C=O) groups excluding carboxylic acids is 1. The number of aliphatic hydroxyl groups excluding tert-OH is 1. The number of hydrogen-bond donors (Lipinski definition) is 1. The van der Waals surface area contributed by atoms with Gasteiger partial charge in [0.1, 0.15) is 11.9 Å². The van der Waals surface area contributed by atoms with Crippen molar-refractivity contribution in [2.24, 2.45) is 0 Å². The molecule has 0 saturated carbocycles. The molecule has 0 radical (unpaired) electrons. The number of hydrogen-bond acceptors (Lipinski definition) is 5. The Morgan fingerprint density at radius 3 is 2.50 bits per heavy atom. The topological polar surface area (TPSA) is 53.0 Å². The Labute approximate surface area is 171 Å². The molecular formula is C22H28N2O3S. The first kappa shape index (κ1) is 20.7. The summed E-state index contributed by atoms with van der Waals surface area (Å²) in [5.41, 5.74) is 1.77. The molecule has 150 valence electrons. The van der Waals surface area contributed by atoms with Gasteiger partial charge in [-0.1, -0.05) is 24.3 Å². The maximum Gasteiger partial charge on any atom is 0.257 e. The molecule has 1 amide bonds. The minimum Gasteiger partial charge on any atom is -0.497 e. The molecular weight excluding hydrogens is 372 g/mol. The predicted molar refractivity (Wildman–Crippen MR) is 114 cm³/mol. The number of likely N-dealkylation sites (N-methyl/N-ethyl adjacent to an activating group) is 1. The van der Waals surface area contributed by atoms with Crippen LogP contribution in [0.15, 0.2) is 53.4 Å². The molecule has 28 heavy (non-hydrogen) atoms. The van der Waals surface area contributed by atoms with E-state index in [4.69, 9.17) is 4.74 Å². The molecule has 3 rings (SSSR count). The summed E-state index contributed by atoms with van der Waals surface area (Å²) >= 11 is 1.53. The van der Waals surface area contributed by atoms with Gasteiger partial charge in [0.2, 0.25) is 0 Å². The summed E-state index contributed by atoms with van der Waals surface area (Å²) in [6, 6.07) is 15.8. The molecule has 2 aromatic carbocycles. The molecule has 0 fully saturated rings. The third kappa shape index (κ3) is 4.35. The van der Waals surface area contributed by atoms with Crippen LogP contribution in [0.5, 0.6) is 5.75 Å². The first-order valence-corrected chi connectivity index (χ1v) is 10.4. The summed E-state index contributed by atoms with van der Waals surface area (Å²) in [5.74, 6) is 0.498. The summed E-state index contributed by atoms with van der Waals surface area (Å²) in [5, 5.41) is 10.6. The zero-order valence-corrected chi connectivity index (χ0v) is 17.6. The maximum atomic E-state index is 13.2. The Hall–Kier alpha value is -2.02. The lowest BCUT2D eigenvalue weighted by Gasteiger charge is -2.28. The highest BCUT2D eigenvalue weighted by Crippen LogP contribution is 2.45. The van der Waals surface area contributed by atoms with Crippen molar-refractivity contribution in [1.29, 1.82) is 0 Å². The van der Waals surface area contributed by atoms with Crippen LogP contribution in [-0.2, 0) is 4.79 Å². The molecule has 0 aromatic heterocycles. The van der Waals surface area contributed by atoms with E-state index in [1.165, 1.54) is 11.8 Å². The first-order valence-electron chi connectivity index (χ1n) is 9.51. The third-order valence-electron chi connectivity index (χ3n) is 5.22. The molecule has 0 aliphatic carbocycles. The summed E-state index contributed by atoms with van der Waals surface area (Å²) in [6.07, 6.45) is -1.12. The number of methoxy groups -OCH3 is 1. The minimum absolute atomic E-state index is 0.254. The highest BCUT2D eigenvalue weighted by molar-refractivity contribution is 7.99. The molecule has 5 nitrogen and oxygen atoms in total. The summed E-state index contributed by atoms with van der Waals surface area (Å²) in [7, 11) is 3.67. The number of ether oxygens (including phenoxy) is 1. The second-order valence-corrected chi connectivity index (χ2v) is 8.47. The van der Waals surface area contributed by atoms with Gasteiger partial charge in [0, 0.05) is 24.0 Å². The fourth-order valence-corrected chi connectivity index (χ4v) is 4.45. The van der Waals surface area contributed by atoms with Gasteiger partial charge in [0.25, 0.3) is 5.91 Å². The second kappa shape index (κ2) is 8.99. The van der Waals surface area contributed by atoms with Crippen LogP contribution in [0.25, 0.3) is 0 Å². The molecule has 1 N–H and O–H groups in total. The zero-order valence-electron chi connectivity index (χ0n) is 16.8. The standard InChI is InChI=1S/C22H28N2O3S/c1-15(2)23(3)13-14-24-18-7-5-6-8-19(18)28-21(20(25)22(24)26)16-9-11-17(27-4)12-10-16/h5-12,15,20-21,25H,13-14H2,1-4H3/t20-,21+/m1/s1. The van der Waals surface area contributed by atoms with Gasteiger partial charge < -0.3 is 19.6 Å². The molecule has 6 heteroatoms. The Morgan fingerprint density at radius 1 is 1.18 bits per heavy atom. The maximum absolute atomic E-state index is 13.2. The van der Waals surface area contributed by atoms with Gasteiger partial charge in [0.15, 0.2) is 0 Å². The molecule has 1 heterocycles. The number of para-hydroxylation sites is 1. The Balaban J connectivity index is 1.92. The number of anilines is 1. The van der Waals surface area contributed by atoms with E-state index in [2.05, 4.69) is 18.7 Å². The van der Waals surface area contributed by atoms with Crippen molar-refractivity contribution in [2.45, 2.75) is 36.1 Å². The normalized spacial score (nSPS) is 19.7. The van der Waals surface area contributed by atoms with Gasteiger partial charge in [-0.3, -0.25) is 4.79 Å². The van der Waals surface area contributed by atoms with Gasteiger partial charge in [-0.25, -0.2) is 0 Å². The monoisotopic (exact) mass is 400 g/mol. The average Bonchev–Trinajstić information content (AvgIpc) is 2.81. The van der Waals surface area contributed by atoms with Crippen molar-refractivity contribution in [3.05, 3.63) is 54.1 Å². The first-order chi connectivity index (χ1) is 13.4. The van der Waals surface area contributed by atoms with Gasteiger partial charge in [0.05, 0.1) is 18.0 Å². The number of amides is 1. The van der Waals surface area contributed by atoms with Gasteiger partial charge >= 0.3 is 0 Å². The summed E-state index contributed by atoms with van der Waals surface area (Å²) in [4.78, 5) is 18.1. The summed E-state index contributed by atoms with van der Waals surface area (Å²) < 4.78 is 5.23. The Morgan fingerprint density at radius 2 is 1.86 bits per heavy atom. The molecule has 2 aromatic rings. The van der Waals surface area contributed by atoms with E-state index in [1.54, 1.807) is 12.0 Å². The number of thioether (sulfide) groups is 1. The lowest BCUT2D eigenvalue weighted by Crippen LogP contribution is -2.44. The van der Waals surface area contributed by atoms with Crippen molar-refractivity contribution in [1.82, 2.24) is 4.90 Å². The van der Waals surface area contributed by atoms with Crippen LogP contribution in [0.2, 0.25) is 0 Å². The molecule has 1 aliphatic heterocycles. The van der Waals surface area contributed by atoms with E-state index in [-0.39, 0.29) is 11.2 Å². The summed E-state index contributed by atoms with van der Waals surface area (Å²) in [6.45, 7) is 5.53. The SMILES string of the molecule is COc1ccc([C@@H]2Sc3ccccc3N(CCN(C)C(C)C)C(=O)[C@@H]2O)cc1. The fraction of sp³-hybridized carbons (Fsp3) is 0.409. The highest BCUT2D eigenvalue weighted by Gasteiger charge is 2.37. The molecule has 1 aliphatic rings. The van der Waals surface area contributed by atoms with E-state index in [9.17, 15) is 9.90 Å². The van der Waals surface area contributed by atoms with Crippen molar-refractivity contribution in [3.8, 4) is 5.75 Å². The lowest BCUT2D eigenvalue weighted by molar-refractivity contribution is -0.126. The number of rotatable bonds is 6. The third-order valence-corrected chi connectivity index (χ3v) is 6.60. The largest absolute Gasteiger partial charge is 0.497 e. The van der Waals surface area contributed by atoms with Gasteiger partial charge in [-0.2, -0.15) is 0 Å². The number of fused-ring (bicyclic) bond motifs is 1. The predicted octanol–water partition coefficient (Wildman–Crippen LogP) is 3.58. The smallest absolute Gasteiger partial charge is 0.257 e. The second-order valence-electron chi connectivity index (χ2n) is 7.29. The Kier molecular flexibility index (Phi) is 6.65. The number of carbonyl (C=O) groups is 1. The van der Waals surface area contributed by atoms with Crippen LogP contribution < -0.4 is 9.64 Å². The molecule has 0 saturated heterocycles. The van der Waals surface area contributed by atoms with Crippen LogP contribution in [0.3, 0.4) is 0 Å². The van der Waals surface area contributed by atoms with E-state index < -0.39 is 6.10 Å². The fourth-order valence-electron chi connectivity index (χ4n) is 3.18. The number of benzene rings is 2. The zero-order chi connectivity index (χ0) is 20.3. The van der Waals surface area contributed by atoms with Crippen molar-refractivity contribution in [3.63, 3.8) is 0 Å². The molecule has 0 unspecified atom stereocenters. The molecule has 2 atom stereocenters. The van der Waals surface area contributed by atoms with Crippen molar-refractivity contribution in [2.75, 3.05) is 32.1 Å². The highest BCUT2D eigenvalue weighted by atomic mass is 32.2. The number of aliphatic hydroxyl groups is 1. The van der Waals surface area contributed by atoms with E-state index in [0.29, 0.717) is 12.6 Å². The number of nitrogens with zero attached hydrogens (tertiary/aromatic N) is 2. The van der Waals surface area contributed by atoms with E-state index >= 15 is 0 Å². The van der Waals surface area contributed by atoms with Crippen LogP contribution >= 0.6 is 11.8 Å². The van der Waals surface area contributed by atoms with Crippen LogP contribution in [0.1, 0.15) is 24.7 Å². The van der Waals surface area contributed by atoms with Crippen molar-refractivity contribution < 1.29 is 14.6 Å². The van der Waals surface area contributed by atoms with Gasteiger partial charge in [-0.05, 0) is 50.7 Å². The molecule has 0 spiro atoms. The van der Waals surface area contributed by atoms with E-state index in [1.807, 2.05) is 55.6 Å². The lowest BCUT2D eigenvalue weighted by atomic mass is 10.1. The quantitative estimate of drug-likeness (QED) is 0.803. The minimum atomic E-state index is -1.12.